The normalized spacial score (nSPS) is 21.5. The Morgan fingerprint density at radius 1 is 1.15 bits per heavy atom. The lowest BCUT2D eigenvalue weighted by atomic mass is 10.1. The van der Waals surface area contributed by atoms with E-state index in [-0.39, 0.29) is 12.3 Å². The molecule has 2 aromatic carbocycles. The first-order chi connectivity index (χ1) is 12.5. The number of rotatable bonds is 3. The number of esters is 1. The second kappa shape index (κ2) is 6.25. The van der Waals surface area contributed by atoms with E-state index in [0.717, 1.165) is 0 Å². The molecule has 0 unspecified atom stereocenters. The predicted octanol–water partition coefficient (Wildman–Crippen LogP) is 2.62. The topological polar surface area (TPSA) is 75.7 Å². The van der Waals surface area contributed by atoms with Crippen molar-refractivity contribution in [3.63, 3.8) is 0 Å². The summed E-state index contributed by atoms with van der Waals surface area (Å²) in [7, 11) is 0. The summed E-state index contributed by atoms with van der Waals surface area (Å²) < 4.78 is 18.7. The smallest absolute Gasteiger partial charge is 0.340 e. The third-order valence-corrected chi connectivity index (χ3v) is 4.57. The minimum atomic E-state index is -0.919. The molecule has 2 amide bonds. The summed E-state index contributed by atoms with van der Waals surface area (Å²) in [4.78, 5) is 38.4. The number of fused-ring (bicyclic) bond motifs is 1. The molecule has 1 fully saturated rings. The number of carbonyl (C=O) groups excluding carboxylic acids is 3. The molecule has 2 atom stereocenters. The van der Waals surface area contributed by atoms with Gasteiger partial charge in [0.25, 0.3) is 0 Å². The van der Waals surface area contributed by atoms with Gasteiger partial charge in [0, 0.05) is 17.7 Å². The molecule has 2 heterocycles. The van der Waals surface area contributed by atoms with Gasteiger partial charge in [0.2, 0.25) is 18.0 Å². The maximum absolute atomic E-state index is 13.3. The number of carbonyl (C=O) groups is 3. The number of hydrogen-bond acceptors (Lipinski definition) is 4. The summed E-state index contributed by atoms with van der Waals surface area (Å²) in [5, 5.41) is 2.62. The van der Waals surface area contributed by atoms with Crippen molar-refractivity contribution in [3.8, 4) is 0 Å². The van der Waals surface area contributed by atoms with Crippen molar-refractivity contribution in [2.45, 2.75) is 25.1 Å². The molecule has 1 N–H and O–H groups in total. The molecule has 2 aromatic rings. The van der Waals surface area contributed by atoms with Gasteiger partial charge in [-0.3, -0.25) is 14.5 Å². The highest BCUT2D eigenvalue weighted by atomic mass is 19.1. The van der Waals surface area contributed by atoms with Crippen molar-refractivity contribution in [3.05, 3.63) is 65.5 Å². The number of nitrogens with zero attached hydrogens (tertiary/aromatic N) is 1. The number of amides is 2. The van der Waals surface area contributed by atoms with Crippen LogP contribution in [0.1, 0.15) is 35.0 Å². The number of benzene rings is 2. The summed E-state index contributed by atoms with van der Waals surface area (Å²) in [6, 6.07) is 11.5. The molecule has 0 spiro atoms. The standard InChI is InChI=1S/C19H15FN2O4/c20-11-4-3-5-12(10-11)21-17(24)15-8-9-16(23)22(15)18-13-6-1-2-7-14(13)19(25)26-18/h1-7,10,15,18H,8-9H2,(H,21,24)/t15-,18+/m0/s1. The average molecular weight is 354 g/mol. The van der Waals surface area contributed by atoms with E-state index < -0.39 is 30.0 Å². The predicted molar refractivity (Wildman–Crippen MR) is 89.5 cm³/mol. The van der Waals surface area contributed by atoms with Gasteiger partial charge < -0.3 is 10.1 Å². The van der Waals surface area contributed by atoms with Gasteiger partial charge in [-0.15, -0.1) is 0 Å². The van der Waals surface area contributed by atoms with Gasteiger partial charge in [-0.05, 0) is 30.7 Å². The Kier molecular flexibility index (Phi) is 3.91. The van der Waals surface area contributed by atoms with E-state index in [4.69, 9.17) is 4.74 Å². The number of ether oxygens (including phenoxy) is 1. The third-order valence-electron chi connectivity index (χ3n) is 4.57. The fourth-order valence-electron chi connectivity index (χ4n) is 3.38. The van der Waals surface area contributed by atoms with E-state index in [1.54, 1.807) is 30.3 Å². The Balaban J connectivity index is 1.60. The molecule has 0 saturated carbocycles. The van der Waals surface area contributed by atoms with Gasteiger partial charge in [-0.1, -0.05) is 24.3 Å². The highest BCUT2D eigenvalue weighted by Crippen LogP contribution is 2.38. The van der Waals surface area contributed by atoms with E-state index in [0.29, 0.717) is 23.2 Å². The second-order valence-electron chi connectivity index (χ2n) is 6.20. The SMILES string of the molecule is O=C1O[C@@H](N2C(=O)CC[C@H]2C(=O)Nc2cccc(F)c2)c2ccccc21. The van der Waals surface area contributed by atoms with E-state index in [2.05, 4.69) is 5.32 Å². The van der Waals surface area contributed by atoms with Crippen LogP contribution in [-0.4, -0.2) is 28.7 Å². The number of hydrogen-bond donors (Lipinski definition) is 1. The van der Waals surface area contributed by atoms with Crippen LogP contribution in [0.25, 0.3) is 0 Å². The molecular formula is C19H15FN2O4. The number of nitrogens with one attached hydrogen (secondary N) is 1. The van der Waals surface area contributed by atoms with Crippen LogP contribution in [0.5, 0.6) is 0 Å². The molecule has 0 radical (unpaired) electrons. The van der Waals surface area contributed by atoms with E-state index in [9.17, 15) is 18.8 Å². The van der Waals surface area contributed by atoms with E-state index >= 15 is 0 Å². The lowest BCUT2D eigenvalue weighted by Gasteiger charge is -2.29. The van der Waals surface area contributed by atoms with Gasteiger partial charge >= 0.3 is 5.97 Å². The molecule has 132 valence electrons. The Morgan fingerprint density at radius 2 is 1.96 bits per heavy atom. The minimum Gasteiger partial charge on any atom is -0.433 e. The Bertz CT molecular complexity index is 914. The molecule has 0 aliphatic carbocycles. The van der Waals surface area contributed by atoms with Gasteiger partial charge in [-0.2, -0.15) is 0 Å². The van der Waals surface area contributed by atoms with Crippen molar-refractivity contribution in [2.24, 2.45) is 0 Å². The second-order valence-corrected chi connectivity index (χ2v) is 6.20. The van der Waals surface area contributed by atoms with Crippen molar-refractivity contribution < 1.29 is 23.5 Å². The van der Waals surface area contributed by atoms with Gasteiger partial charge in [0.05, 0.1) is 5.56 Å². The van der Waals surface area contributed by atoms with Crippen LogP contribution in [0.3, 0.4) is 0 Å². The molecule has 2 aliphatic rings. The van der Waals surface area contributed by atoms with Crippen LogP contribution in [0.2, 0.25) is 0 Å². The molecular weight excluding hydrogens is 339 g/mol. The third kappa shape index (κ3) is 2.71. The molecule has 7 heteroatoms. The highest BCUT2D eigenvalue weighted by molar-refractivity contribution is 6.00. The van der Waals surface area contributed by atoms with Crippen molar-refractivity contribution in [2.75, 3.05) is 5.32 Å². The number of halogens is 1. The van der Waals surface area contributed by atoms with E-state index in [1.165, 1.54) is 23.1 Å². The Labute approximate surface area is 148 Å². The van der Waals surface area contributed by atoms with Gasteiger partial charge in [-0.25, -0.2) is 9.18 Å². The first-order valence-electron chi connectivity index (χ1n) is 8.22. The zero-order valence-electron chi connectivity index (χ0n) is 13.6. The molecule has 0 aromatic heterocycles. The lowest BCUT2D eigenvalue weighted by Crippen LogP contribution is -2.43. The largest absolute Gasteiger partial charge is 0.433 e. The van der Waals surface area contributed by atoms with Crippen molar-refractivity contribution >= 4 is 23.5 Å². The molecule has 1 saturated heterocycles. The van der Waals surface area contributed by atoms with Crippen molar-refractivity contribution in [1.82, 2.24) is 4.90 Å². The van der Waals surface area contributed by atoms with E-state index in [1.807, 2.05) is 0 Å². The van der Waals surface area contributed by atoms with Gasteiger partial charge in [0.1, 0.15) is 11.9 Å². The van der Waals surface area contributed by atoms with Crippen molar-refractivity contribution in [1.29, 1.82) is 0 Å². The summed E-state index contributed by atoms with van der Waals surface area (Å²) in [6.07, 6.45) is -0.440. The molecule has 2 aliphatic heterocycles. The number of anilines is 1. The van der Waals surface area contributed by atoms with Gasteiger partial charge in [0.15, 0.2) is 0 Å². The Hall–Kier alpha value is -3.22. The average Bonchev–Trinajstić information content (AvgIpc) is 3.15. The van der Waals surface area contributed by atoms with Crippen LogP contribution in [0.15, 0.2) is 48.5 Å². The van der Waals surface area contributed by atoms with Crippen LogP contribution >= 0.6 is 0 Å². The summed E-state index contributed by atoms with van der Waals surface area (Å²) in [5.74, 6) is -1.70. The monoisotopic (exact) mass is 354 g/mol. The molecule has 6 nitrogen and oxygen atoms in total. The first kappa shape index (κ1) is 16.3. The lowest BCUT2D eigenvalue weighted by molar-refractivity contribution is -0.144. The fraction of sp³-hybridized carbons (Fsp3) is 0.211. The number of cyclic esters (lactones) is 1. The van der Waals surface area contributed by atoms with Crippen LogP contribution in [-0.2, 0) is 14.3 Å². The molecule has 4 rings (SSSR count). The first-order valence-corrected chi connectivity index (χ1v) is 8.22. The zero-order chi connectivity index (χ0) is 18.3. The molecule has 0 bridgehead atoms. The minimum absolute atomic E-state index is 0.178. The van der Waals surface area contributed by atoms with Crippen LogP contribution in [0, 0.1) is 5.82 Å². The zero-order valence-corrected chi connectivity index (χ0v) is 13.6. The number of likely N-dealkylation sites (tertiary alicyclic amines) is 1. The van der Waals surface area contributed by atoms with Crippen LogP contribution < -0.4 is 5.32 Å². The quantitative estimate of drug-likeness (QED) is 0.860. The maximum Gasteiger partial charge on any atom is 0.340 e. The highest BCUT2D eigenvalue weighted by Gasteiger charge is 2.46. The summed E-state index contributed by atoms with van der Waals surface area (Å²) in [6.45, 7) is 0. The summed E-state index contributed by atoms with van der Waals surface area (Å²) in [5.41, 5.74) is 1.26. The summed E-state index contributed by atoms with van der Waals surface area (Å²) >= 11 is 0. The Morgan fingerprint density at radius 3 is 2.77 bits per heavy atom. The maximum atomic E-state index is 13.3. The van der Waals surface area contributed by atoms with Crippen LogP contribution in [0.4, 0.5) is 10.1 Å². The fourth-order valence-corrected chi connectivity index (χ4v) is 3.38. The molecule has 26 heavy (non-hydrogen) atoms.